The van der Waals surface area contributed by atoms with Gasteiger partial charge in [-0.3, -0.25) is 4.79 Å². The predicted octanol–water partition coefficient (Wildman–Crippen LogP) is 1.09. The van der Waals surface area contributed by atoms with Crippen LogP contribution in [-0.4, -0.2) is 59.6 Å². The highest BCUT2D eigenvalue weighted by atomic mass is 16.3. The summed E-state index contributed by atoms with van der Waals surface area (Å²) in [5, 5.41) is 8.73. The lowest BCUT2D eigenvalue weighted by Gasteiger charge is -2.38. The van der Waals surface area contributed by atoms with Gasteiger partial charge in [0.1, 0.15) is 0 Å². The van der Waals surface area contributed by atoms with E-state index in [1.165, 1.54) is 0 Å². The zero-order chi connectivity index (χ0) is 12.8. The number of carbonyl (C=O) groups is 1. The van der Waals surface area contributed by atoms with Crippen LogP contribution in [0.2, 0.25) is 0 Å². The van der Waals surface area contributed by atoms with E-state index in [4.69, 9.17) is 5.11 Å². The maximum atomic E-state index is 11.8. The van der Waals surface area contributed by atoms with Crippen molar-refractivity contribution in [3.05, 3.63) is 0 Å². The third-order valence-electron chi connectivity index (χ3n) is 3.72. The Hall–Kier alpha value is -0.610. The molecule has 1 amide bonds. The molecule has 1 rings (SSSR count). The van der Waals surface area contributed by atoms with Crippen LogP contribution in [0, 0.1) is 0 Å². The lowest BCUT2D eigenvalue weighted by atomic mass is 10.0. The molecule has 4 nitrogen and oxygen atoms in total. The van der Waals surface area contributed by atoms with Crippen molar-refractivity contribution in [3.63, 3.8) is 0 Å². The van der Waals surface area contributed by atoms with Crippen molar-refractivity contribution in [2.75, 3.05) is 26.7 Å². The zero-order valence-electron chi connectivity index (χ0n) is 11.4. The van der Waals surface area contributed by atoms with Crippen molar-refractivity contribution in [2.24, 2.45) is 0 Å². The molecule has 0 spiro atoms. The van der Waals surface area contributed by atoms with Gasteiger partial charge < -0.3 is 14.9 Å². The molecule has 0 aromatic rings. The van der Waals surface area contributed by atoms with E-state index < -0.39 is 0 Å². The van der Waals surface area contributed by atoms with Crippen molar-refractivity contribution < 1.29 is 9.90 Å². The number of aliphatic hydroxyl groups excluding tert-OH is 1. The van der Waals surface area contributed by atoms with Crippen LogP contribution in [0.15, 0.2) is 0 Å². The van der Waals surface area contributed by atoms with Gasteiger partial charge in [-0.2, -0.15) is 0 Å². The molecule has 0 aromatic heterocycles. The first-order valence-electron chi connectivity index (χ1n) is 6.66. The predicted molar refractivity (Wildman–Crippen MR) is 68.8 cm³/mol. The minimum Gasteiger partial charge on any atom is -0.396 e. The van der Waals surface area contributed by atoms with Gasteiger partial charge in [0, 0.05) is 45.2 Å². The molecule has 0 atom stereocenters. The van der Waals surface area contributed by atoms with Gasteiger partial charge in [0.25, 0.3) is 0 Å². The number of nitrogens with zero attached hydrogens (tertiary/aromatic N) is 2. The molecule has 0 bridgehead atoms. The molecular formula is C13H26N2O2. The van der Waals surface area contributed by atoms with E-state index in [0.29, 0.717) is 24.9 Å². The van der Waals surface area contributed by atoms with Crippen molar-refractivity contribution in [1.82, 2.24) is 9.80 Å². The Bertz CT molecular complexity index is 236. The van der Waals surface area contributed by atoms with Gasteiger partial charge in [0.05, 0.1) is 0 Å². The molecule has 17 heavy (non-hydrogen) atoms. The van der Waals surface area contributed by atoms with Gasteiger partial charge in [0.15, 0.2) is 0 Å². The van der Waals surface area contributed by atoms with Crippen LogP contribution in [0.25, 0.3) is 0 Å². The van der Waals surface area contributed by atoms with E-state index in [2.05, 4.69) is 18.7 Å². The fourth-order valence-electron chi connectivity index (χ4n) is 2.40. The van der Waals surface area contributed by atoms with Crippen LogP contribution < -0.4 is 0 Å². The molecular weight excluding hydrogens is 216 g/mol. The Balaban J connectivity index is 2.35. The van der Waals surface area contributed by atoms with Crippen molar-refractivity contribution >= 4 is 5.91 Å². The van der Waals surface area contributed by atoms with E-state index in [0.717, 1.165) is 25.9 Å². The summed E-state index contributed by atoms with van der Waals surface area (Å²) >= 11 is 0. The third-order valence-corrected chi connectivity index (χ3v) is 3.72. The summed E-state index contributed by atoms with van der Waals surface area (Å²) in [6.07, 6.45) is 3.19. The second kappa shape index (κ2) is 6.97. The highest BCUT2D eigenvalue weighted by Crippen LogP contribution is 2.18. The quantitative estimate of drug-likeness (QED) is 0.785. The van der Waals surface area contributed by atoms with Crippen molar-refractivity contribution in [3.8, 4) is 0 Å². The summed E-state index contributed by atoms with van der Waals surface area (Å²) in [7, 11) is 1.90. The molecule has 1 aliphatic heterocycles. The summed E-state index contributed by atoms with van der Waals surface area (Å²) in [4.78, 5) is 16.2. The number of piperidine rings is 1. The van der Waals surface area contributed by atoms with Crippen LogP contribution in [0.4, 0.5) is 0 Å². The molecule has 1 saturated heterocycles. The van der Waals surface area contributed by atoms with E-state index in [9.17, 15) is 4.79 Å². The number of hydrogen-bond acceptors (Lipinski definition) is 3. The molecule has 4 heteroatoms. The number of carbonyl (C=O) groups excluding carboxylic acids is 1. The lowest BCUT2D eigenvalue weighted by Crippen LogP contribution is -2.47. The first-order chi connectivity index (χ1) is 8.06. The average Bonchev–Trinajstić information content (AvgIpc) is 2.35. The van der Waals surface area contributed by atoms with Gasteiger partial charge in [-0.1, -0.05) is 0 Å². The average molecular weight is 242 g/mol. The van der Waals surface area contributed by atoms with E-state index >= 15 is 0 Å². The van der Waals surface area contributed by atoms with E-state index in [1.807, 2.05) is 11.9 Å². The second-order valence-electron chi connectivity index (χ2n) is 5.19. The summed E-state index contributed by atoms with van der Waals surface area (Å²) < 4.78 is 0. The largest absolute Gasteiger partial charge is 0.396 e. The van der Waals surface area contributed by atoms with Gasteiger partial charge in [-0.15, -0.1) is 0 Å². The maximum absolute atomic E-state index is 11.8. The molecule has 0 saturated carbocycles. The van der Waals surface area contributed by atoms with Crippen LogP contribution in [0.3, 0.4) is 0 Å². The Labute approximate surface area is 105 Å². The maximum Gasteiger partial charge on any atom is 0.222 e. The molecule has 100 valence electrons. The standard InChI is InChI=1S/C13H26N2O2/c1-11(2)15-8-6-12(7-9-15)14(3)13(17)5-4-10-16/h11-12,16H,4-10H2,1-3H3. The first-order valence-corrected chi connectivity index (χ1v) is 6.66. The molecule has 0 aromatic carbocycles. The number of amides is 1. The minimum absolute atomic E-state index is 0.103. The van der Waals surface area contributed by atoms with E-state index in [1.54, 1.807) is 0 Å². The van der Waals surface area contributed by atoms with Gasteiger partial charge in [-0.25, -0.2) is 0 Å². The van der Waals surface area contributed by atoms with E-state index in [-0.39, 0.29) is 12.5 Å². The SMILES string of the molecule is CC(C)N1CCC(N(C)C(=O)CCCO)CC1. The third kappa shape index (κ3) is 4.28. The number of rotatable bonds is 5. The van der Waals surface area contributed by atoms with Gasteiger partial charge in [0.2, 0.25) is 5.91 Å². The summed E-state index contributed by atoms with van der Waals surface area (Å²) in [5.41, 5.74) is 0. The Morgan fingerprint density at radius 2 is 2.00 bits per heavy atom. The lowest BCUT2D eigenvalue weighted by molar-refractivity contribution is -0.133. The molecule has 1 N–H and O–H groups in total. The Morgan fingerprint density at radius 1 is 1.41 bits per heavy atom. The summed E-state index contributed by atoms with van der Waals surface area (Å²) in [5.74, 6) is 0.169. The summed E-state index contributed by atoms with van der Waals surface area (Å²) in [6, 6.07) is 0.988. The fourth-order valence-corrected chi connectivity index (χ4v) is 2.40. The van der Waals surface area contributed by atoms with Crippen molar-refractivity contribution in [2.45, 2.75) is 51.6 Å². The fraction of sp³-hybridized carbons (Fsp3) is 0.923. The first kappa shape index (κ1) is 14.5. The molecule has 0 unspecified atom stereocenters. The molecule has 0 radical (unpaired) electrons. The highest BCUT2D eigenvalue weighted by molar-refractivity contribution is 5.76. The normalized spacial score (nSPS) is 18.6. The van der Waals surface area contributed by atoms with Crippen LogP contribution >= 0.6 is 0 Å². The van der Waals surface area contributed by atoms with Crippen LogP contribution in [0.5, 0.6) is 0 Å². The topological polar surface area (TPSA) is 43.8 Å². The van der Waals surface area contributed by atoms with Crippen LogP contribution in [0.1, 0.15) is 39.5 Å². The smallest absolute Gasteiger partial charge is 0.222 e. The Kier molecular flexibility index (Phi) is 5.92. The second-order valence-corrected chi connectivity index (χ2v) is 5.19. The minimum atomic E-state index is 0.103. The molecule has 0 aliphatic carbocycles. The molecule has 1 fully saturated rings. The van der Waals surface area contributed by atoms with Crippen molar-refractivity contribution in [1.29, 1.82) is 0 Å². The number of likely N-dealkylation sites (tertiary alicyclic amines) is 1. The molecule has 1 heterocycles. The summed E-state index contributed by atoms with van der Waals surface area (Å²) in [6.45, 7) is 6.71. The highest BCUT2D eigenvalue weighted by Gasteiger charge is 2.25. The number of aliphatic hydroxyl groups is 1. The zero-order valence-corrected chi connectivity index (χ0v) is 11.4. The Morgan fingerprint density at radius 3 is 2.47 bits per heavy atom. The molecule has 1 aliphatic rings. The number of hydrogen-bond donors (Lipinski definition) is 1. The van der Waals surface area contributed by atoms with Gasteiger partial charge >= 0.3 is 0 Å². The van der Waals surface area contributed by atoms with Crippen LogP contribution in [-0.2, 0) is 4.79 Å². The van der Waals surface area contributed by atoms with Gasteiger partial charge in [-0.05, 0) is 33.1 Å². The monoisotopic (exact) mass is 242 g/mol.